The van der Waals surface area contributed by atoms with Gasteiger partial charge < -0.3 is 46.0 Å². The minimum atomic E-state index is 0. The summed E-state index contributed by atoms with van der Waals surface area (Å²) in [7, 11) is 0. The molecule has 106 valence electrons. The molecule has 0 fully saturated rings. The first-order chi connectivity index (χ1) is 6.83. The Morgan fingerprint density at radius 2 is 0.471 bits per heavy atom. The van der Waals surface area contributed by atoms with Crippen molar-refractivity contribution in [1.82, 2.24) is 0 Å². The molecule has 0 rings (SSSR count). The van der Waals surface area contributed by atoms with Gasteiger partial charge in [0.25, 0.3) is 0 Å². The fourth-order valence-corrected chi connectivity index (χ4v) is 0. The van der Waals surface area contributed by atoms with Crippen molar-refractivity contribution in [1.29, 1.82) is 0 Å². The molecule has 0 saturated heterocycles. The molecule has 0 aliphatic heterocycles. The smallest absolute Gasteiger partial charge is 0.412 e. The van der Waals surface area contributed by atoms with Crippen LogP contribution >= 0.6 is 0 Å². The second kappa shape index (κ2) is 407. The van der Waals surface area contributed by atoms with Crippen molar-refractivity contribution in [2.75, 3.05) is 0 Å². The molecule has 0 spiro atoms. The van der Waals surface area contributed by atoms with Crippen LogP contribution in [0.4, 0.5) is 0 Å². The molecule has 0 saturated carbocycles. The van der Waals surface area contributed by atoms with E-state index >= 15 is 0 Å². The molecule has 0 atom stereocenters. The zero-order valence-electron chi connectivity index (χ0n) is 13.5. The van der Waals surface area contributed by atoms with E-state index in [2.05, 4.69) is 27.7 Å². The molecule has 0 aromatic heterocycles. The topological polar surface area (TPSA) is 31.5 Å². The molecular formula is C14H36OTi2. The van der Waals surface area contributed by atoms with E-state index in [4.69, 9.17) is 0 Å². The first kappa shape index (κ1) is 63.1. The van der Waals surface area contributed by atoms with Gasteiger partial charge in [0.15, 0.2) is 0 Å². The predicted molar refractivity (Wildman–Crippen MR) is 79.0 cm³/mol. The third kappa shape index (κ3) is 2140. The Labute approximate surface area is 144 Å². The first-order valence-electron chi connectivity index (χ1n) is 5.14. The standard InChI is InChI=1S/2C3H7.4C2H5.H2O.2Ti/c2*1-3-2;4*1-2;;;/h2*3H,1-2H3;4*1H2,2H3;1H2;;/q6*-1;;2*+3. The summed E-state index contributed by atoms with van der Waals surface area (Å²) in [6.07, 6.45) is 4.00. The van der Waals surface area contributed by atoms with Gasteiger partial charge in [0.05, 0.1) is 0 Å². The second-order valence-corrected chi connectivity index (χ2v) is 1.15. The molecule has 0 aromatic rings. The molecule has 0 amide bonds. The van der Waals surface area contributed by atoms with Crippen LogP contribution in [0.2, 0.25) is 0 Å². The minimum absolute atomic E-state index is 0. The van der Waals surface area contributed by atoms with Crippen LogP contribution < -0.4 is 0 Å². The molecule has 0 aromatic carbocycles. The van der Waals surface area contributed by atoms with Crippen LogP contribution in [0.1, 0.15) is 55.4 Å². The molecule has 2 N–H and O–H groups in total. The van der Waals surface area contributed by atoms with Crippen molar-refractivity contribution in [2.24, 2.45) is 0 Å². The van der Waals surface area contributed by atoms with E-state index in [1.165, 1.54) is 0 Å². The van der Waals surface area contributed by atoms with E-state index in [1.54, 1.807) is 27.7 Å². The average Bonchev–Trinajstić information content (AvgIpc) is 2.31. The summed E-state index contributed by atoms with van der Waals surface area (Å²) in [6, 6.07) is 0. The van der Waals surface area contributed by atoms with Crippen LogP contribution in [0.25, 0.3) is 0 Å². The van der Waals surface area contributed by atoms with Gasteiger partial charge in [-0.3, -0.25) is 0 Å². The van der Waals surface area contributed by atoms with Crippen LogP contribution in [-0.4, -0.2) is 5.48 Å². The Kier molecular flexibility index (Phi) is 1510. The van der Waals surface area contributed by atoms with Crippen LogP contribution in [0.3, 0.4) is 0 Å². The Morgan fingerprint density at radius 3 is 0.471 bits per heavy atom. The van der Waals surface area contributed by atoms with E-state index in [1.807, 2.05) is 40.5 Å². The summed E-state index contributed by atoms with van der Waals surface area (Å²) < 4.78 is 0. The van der Waals surface area contributed by atoms with Gasteiger partial charge >= 0.3 is 43.4 Å². The van der Waals surface area contributed by atoms with Crippen molar-refractivity contribution in [3.8, 4) is 0 Å². The van der Waals surface area contributed by atoms with E-state index in [-0.39, 0.29) is 48.9 Å². The van der Waals surface area contributed by atoms with Crippen molar-refractivity contribution >= 4 is 0 Å². The maximum absolute atomic E-state index is 3.25. The number of rotatable bonds is 0. The molecule has 3 heteroatoms. The van der Waals surface area contributed by atoms with Gasteiger partial charge in [0.2, 0.25) is 0 Å². The Bertz CT molecular complexity index is 16.2. The van der Waals surface area contributed by atoms with Gasteiger partial charge in [-0.15, -0.1) is 0 Å². The van der Waals surface area contributed by atoms with Crippen LogP contribution in [0.15, 0.2) is 0 Å². The molecular weight excluding hydrogens is 280 g/mol. The fraction of sp³-hybridized carbons (Fsp3) is 0.571. The van der Waals surface area contributed by atoms with Gasteiger partial charge in [-0.25, -0.2) is 0 Å². The van der Waals surface area contributed by atoms with E-state index in [0.29, 0.717) is 0 Å². The van der Waals surface area contributed by atoms with E-state index in [9.17, 15) is 0 Å². The van der Waals surface area contributed by atoms with Crippen molar-refractivity contribution < 1.29 is 48.9 Å². The third-order valence-electron chi connectivity index (χ3n) is 0. The monoisotopic (exact) mass is 316 g/mol. The van der Waals surface area contributed by atoms with Gasteiger partial charge in [-0.2, -0.15) is 55.4 Å². The predicted octanol–water partition coefficient (Wildman–Crippen LogP) is 4.99. The molecule has 0 aliphatic rings. The van der Waals surface area contributed by atoms with Crippen LogP contribution in [-0.2, 0) is 43.4 Å². The van der Waals surface area contributed by atoms with Crippen LogP contribution in [0.5, 0.6) is 0 Å². The molecule has 0 aliphatic carbocycles. The Morgan fingerprint density at radius 1 is 0.471 bits per heavy atom. The average molecular weight is 316 g/mol. The van der Waals surface area contributed by atoms with Crippen LogP contribution in [0, 0.1) is 40.5 Å². The molecule has 17 heavy (non-hydrogen) atoms. The van der Waals surface area contributed by atoms with Gasteiger partial charge in [-0.05, 0) is 0 Å². The summed E-state index contributed by atoms with van der Waals surface area (Å²) in [5.74, 6) is 0. The minimum Gasteiger partial charge on any atom is -0.412 e. The molecule has 0 unspecified atom stereocenters. The molecule has 2 radical (unpaired) electrons. The fourth-order valence-electron chi connectivity index (χ4n) is 0. The zero-order valence-corrected chi connectivity index (χ0v) is 16.6. The number of hydrogen-bond acceptors (Lipinski definition) is 0. The SMILES string of the molecule is C[CH-]C.C[CH-]C.O.[CH2-]C.[CH2-]C.[CH2-]C.[CH2-]C.[Ti+3].[Ti+3]. The Hall–Kier alpha value is 1.39. The van der Waals surface area contributed by atoms with E-state index < -0.39 is 0 Å². The Balaban J connectivity index is -0.00000000631. The summed E-state index contributed by atoms with van der Waals surface area (Å²) in [6.45, 7) is 28.0. The maximum atomic E-state index is 3.25. The molecule has 0 heterocycles. The molecule has 0 bridgehead atoms. The third-order valence-corrected chi connectivity index (χ3v) is 0. The van der Waals surface area contributed by atoms with Gasteiger partial charge in [-0.1, -0.05) is 0 Å². The normalized spacial score (nSPS) is 3.53. The quantitative estimate of drug-likeness (QED) is 0.445. The van der Waals surface area contributed by atoms with Crippen molar-refractivity contribution in [3.05, 3.63) is 40.5 Å². The van der Waals surface area contributed by atoms with E-state index in [0.717, 1.165) is 0 Å². The van der Waals surface area contributed by atoms with Crippen molar-refractivity contribution in [3.63, 3.8) is 0 Å². The summed E-state index contributed by atoms with van der Waals surface area (Å²) in [5, 5.41) is 0. The first-order valence-corrected chi connectivity index (χ1v) is 5.14. The second-order valence-electron chi connectivity index (χ2n) is 1.15. The van der Waals surface area contributed by atoms with Gasteiger partial charge in [0.1, 0.15) is 0 Å². The summed E-state index contributed by atoms with van der Waals surface area (Å²) in [4.78, 5) is 0. The maximum Gasteiger partial charge on any atom is 3.00 e. The molecule has 1 nitrogen and oxygen atoms in total. The summed E-state index contributed by atoms with van der Waals surface area (Å²) in [5.41, 5.74) is 0. The van der Waals surface area contributed by atoms with Crippen molar-refractivity contribution in [2.45, 2.75) is 55.4 Å². The number of hydrogen-bond donors (Lipinski definition) is 0. The zero-order chi connectivity index (χ0) is 13.4. The van der Waals surface area contributed by atoms with Gasteiger partial charge in [0, 0.05) is 0 Å². The summed E-state index contributed by atoms with van der Waals surface area (Å²) >= 11 is 0. The largest absolute Gasteiger partial charge is 3.00 e.